The van der Waals surface area contributed by atoms with E-state index in [1.165, 1.54) is 6.42 Å². The molecule has 0 heterocycles. The van der Waals surface area contributed by atoms with E-state index < -0.39 is 9.84 Å². The predicted octanol–water partition coefficient (Wildman–Crippen LogP) is 0.650. The fraction of sp³-hybridized carbons (Fsp3) is 1.00. The lowest BCUT2D eigenvalue weighted by Gasteiger charge is -2.20. The van der Waals surface area contributed by atoms with Crippen LogP contribution >= 0.6 is 0 Å². The maximum atomic E-state index is 11.2. The molecule has 0 unspecified atom stereocenters. The number of sulfone groups is 1. The van der Waals surface area contributed by atoms with E-state index in [0.717, 1.165) is 25.7 Å². The number of rotatable bonds is 2. The first-order valence-corrected chi connectivity index (χ1v) is 5.80. The molecule has 1 aliphatic carbocycles. The van der Waals surface area contributed by atoms with Crippen molar-refractivity contribution in [1.29, 1.82) is 0 Å². The van der Waals surface area contributed by atoms with E-state index in [2.05, 4.69) is 0 Å². The average molecular weight is 177 g/mol. The first-order chi connectivity index (χ1) is 5.17. The quantitative estimate of drug-likeness (QED) is 0.673. The predicted molar refractivity (Wildman–Crippen MR) is 44.8 cm³/mol. The lowest BCUT2D eigenvalue weighted by atomic mass is 10.0. The molecule has 0 bridgehead atoms. The molecule has 0 atom stereocenters. The van der Waals surface area contributed by atoms with Crippen molar-refractivity contribution in [2.45, 2.75) is 37.4 Å². The van der Waals surface area contributed by atoms with Crippen LogP contribution in [0.2, 0.25) is 0 Å². The van der Waals surface area contributed by atoms with E-state index in [1.807, 2.05) is 0 Å². The molecule has 3 nitrogen and oxygen atoms in total. The molecule has 0 aromatic carbocycles. The first-order valence-electron chi connectivity index (χ1n) is 4.08. The van der Waals surface area contributed by atoms with Crippen LogP contribution in [0.5, 0.6) is 0 Å². The highest BCUT2D eigenvalue weighted by atomic mass is 32.2. The minimum Gasteiger partial charge on any atom is -0.318 e. The van der Waals surface area contributed by atoms with Gasteiger partial charge in [0.05, 0.1) is 11.1 Å². The van der Waals surface area contributed by atoms with Crippen molar-refractivity contribution < 1.29 is 8.42 Å². The smallest absolute Gasteiger partial charge is 0.165 e. The Morgan fingerprint density at radius 2 is 1.73 bits per heavy atom. The molecule has 0 aromatic heterocycles. The zero-order valence-electron chi connectivity index (χ0n) is 6.62. The van der Waals surface area contributed by atoms with Gasteiger partial charge in [0.2, 0.25) is 0 Å². The number of nitrogens with two attached hydrogens (primary N) is 1. The molecular weight excluding hydrogens is 162 g/mol. The van der Waals surface area contributed by atoms with E-state index >= 15 is 0 Å². The maximum Gasteiger partial charge on any atom is 0.165 e. The second-order valence-corrected chi connectivity index (χ2v) is 5.42. The van der Waals surface area contributed by atoms with Crippen LogP contribution in [0.1, 0.15) is 32.1 Å². The van der Waals surface area contributed by atoms with Crippen LogP contribution in [0.4, 0.5) is 0 Å². The standard InChI is InChI=1S/C7H15NO2S/c8-6-11(9,10)7-4-2-1-3-5-7/h7H,1-6,8H2. The summed E-state index contributed by atoms with van der Waals surface area (Å²) in [7, 11) is -2.94. The van der Waals surface area contributed by atoms with Crippen LogP contribution in [0, 0.1) is 0 Å². The molecule has 0 saturated heterocycles. The Bertz CT molecular complexity index is 204. The van der Waals surface area contributed by atoms with Crippen LogP contribution in [0.25, 0.3) is 0 Å². The van der Waals surface area contributed by atoms with Crippen molar-refractivity contribution in [2.75, 3.05) is 5.88 Å². The Labute approximate surface area is 67.9 Å². The normalized spacial score (nSPS) is 21.9. The monoisotopic (exact) mass is 177 g/mol. The minimum atomic E-state index is -2.94. The molecule has 1 saturated carbocycles. The Morgan fingerprint density at radius 1 is 1.18 bits per heavy atom. The highest BCUT2D eigenvalue weighted by molar-refractivity contribution is 7.91. The van der Waals surface area contributed by atoms with Crippen LogP contribution in [-0.2, 0) is 9.84 Å². The molecule has 1 rings (SSSR count). The van der Waals surface area contributed by atoms with Gasteiger partial charge in [0.15, 0.2) is 9.84 Å². The second-order valence-electron chi connectivity index (χ2n) is 3.09. The molecule has 0 amide bonds. The van der Waals surface area contributed by atoms with Crippen molar-refractivity contribution in [3.63, 3.8) is 0 Å². The molecule has 0 radical (unpaired) electrons. The third-order valence-corrected chi connectivity index (χ3v) is 4.24. The topological polar surface area (TPSA) is 60.2 Å². The maximum absolute atomic E-state index is 11.2. The molecule has 1 fully saturated rings. The summed E-state index contributed by atoms with van der Waals surface area (Å²) in [6, 6.07) is 0. The van der Waals surface area contributed by atoms with Crippen molar-refractivity contribution in [1.82, 2.24) is 0 Å². The zero-order chi connectivity index (χ0) is 8.32. The van der Waals surface area contributed by atoms with E-state index in [1.54, 1.807) is 0 Å². The third kappa shape index (κ3) is 2.17. The molecule has 11 heavy (non-hydrogen) atoms. The fourth-order valence-electron chi connectivity index (χ4n) is 1.56. The highest BCUT2D eigenvalue weighted by Gasteiger charge is 2.25. The lowest BCUT2D eigenvalue weighted by molar-refractivity contribution is 0.484. The van der Waals surface area contributed by atoms with Crippen molar-refractivity contribution in [3.8, 4) is 0 Å². The lowest BCUT2D eigenvalue weighted by Crippen LogP contribution is -2.29. The van der Waals surface area contributed by atoms with Gasteiger partial charge in [0, 0.05) is 0 Å². The van der Waals surface area contributed by atoms with Gasteiger partial charge >= 0.3 is 0 Å². The van der Waals surface area contributed by atoms with Crippen LogP contribution in [0.3, 0.4) is 0 Å². The summed E-state index contributed by atoms with van der Waals surface area (Å²) in [5.41, 5.74) is 5.15. The molecule has 0 aliphatic heterocycles. The van der Waals surface area contributed by atoms with Crippen LogP contribution < -0.4 is 5.73 Å². The summed E-state index contributed by atoms with van der Waals surface area (Å²) in [5, 5.41) is -0.138. The molecule has 4 heteroatoms. The van der Waals surface area contributed by atoms with Gasteiger partial charge in [-0.25, -0.2) is 8.42 Å². The molecule has 2 N–H and O–H groups in total. The summed E-state index contributed by atoms with van der Waals surface area (Å²) in [6.45, 7) is 0. The van der Waals surface area contributed by atoms with Gasteiger partial charge in [-0.3, -0.25) is 0 Å². The molecular formula is C7H15NO2S. The minimum absolute atomic E-state index is 0.138. The molecule has 0 spiro atoms. The van der Waals surface area contributed by atoms with E-state index in [4.69, 9.17) is 5.73 Å². The number of hydrogen-bond acceptors (Lipinski definition) is 3. The van der Waals surface area contributed by atoms with E-state index in [0.29, 0.717) is 0 Å². The van der Waals surface area contributed by atoms with Crippen molar-refractivity contribution in [3.05, 3.63) is 0 Å². The highest BCUT2D eigenvalue weighted by Crippen LogP contribution is 2.23. The van der Waals surface area contributed by atoms with Crippen LogP contribution in [-0.4, -0.2) is 19.5 Å². The summed E-state index contributed by atoms with van der Waals surface area (Å²) in [5.74, 6) is -0.183. The summed E-state index contributed by atoms with van der Waals surface area (Å²) in [6.07, 6.45) is 4.91. The van der Waals surface area contributed by atoms with Crippen molar-refractivity contribution in [2.24, 2.45) is 5.73 Å². The van der Waals surface area contributed by atoms with Crippen molar-refractivity contribution >= 4 is 9.84 Å². The van der Waals surface area contributed by atoms with Crippen LogP contribution in [0.15, 0.2) is 0 Å². The summed E-state index contributed by atoms with van der Waals surface area (Å²) in [4.78, 5) is 0. The average Bonchev–Trinajstić information content (AvgIpc) is 2.06. The Hall–Kier alpha value is -0.0900. The van der Waals surface area contributed by atoms with Gasteiger partial charge in [-0.05, 0) is 12.8 Å². The van der Waals surface area contributed by atoms with Gasteiger partial charge < -0.3 is 5.73 Å². The molecule has 66 valence electrons. The fourth-order valence-corrected chi connectivity index (χ4v) is 2.88. The van der Waals surface area contributed by atoms with E-state index in [9.17, 15) is 8.42 Å². The summed E-state index contributed by atoms with van der Waals surface area (Å²) >= 11 is 0. The SMILES string of the molecule is NCS(=O)(=O)C1CCCCC1. The van der Waals surface area contributed by atoms with Gasteiger partial charge in [0.25, 0.3) is 0 Å². The molecule has 1 aliphatic rings. The van der Waals surface area contributed by atoms with Gasteiger partial charge in [-0.15, -0.1) is 0 Å². The number of hydrogen-bond donors (Lipinski definition) is 1. The van der Waals surface area contributed by atoms with Gasteiger partial charge in [-0.2, -0.15) is 0 Å². The Balaban J connectivity index is 2.58. The zero-order valence-corrected chi connectivity index (χ0v) is 7.44. The van der Waals surface area contributed by atoms with Gasteiger partial charge in [0.1, 0.15) is 0 Å². The van der Waals surface area contributed by atoms with E-state index in [-0.39, 0.29) is 11.1 Å². The third-order valence-electron chi connectivity index (χ3n) is 2.29. The largest absolute Gasteiger partial charge is 0.318 e. The Morgan fingerprint density at radius 3 is 2.18 bits per heavy atom. The summed E-state index contributed by atoms with van der Waals surface area (Å²) < 4.78 is 22.5. The molecule has 0 aromatic rings. The second kappa shape index (κ2) is 3.54. The Kier molecular flexibility index (Phi) is 2.90. The first kappa shape index (κ1) is 9.00. The van der Waals surface area contributed by atoms with Gasteiger partial charge in [-0.1, -0.05) is 19.3 Å².